The van der Waals surface area contributed by atoms with Gasteiger partial charge in [-0.25, -0.2) is 0 Å². The molecular formula is C22H23ClN2O2. The summed E-state index contributed by atoms with van der Waals surface area (Å²) in [5.41, 5.74) is 0.00573. The molecule has 1 spiro atoms. The summed E-state index contributed by atoms with van der Waals surface area (Å²) in [6.07, 6.45) is 5.66. The number of piperidine rings is 1. The molecule has 27 heavy (non-hydrogen) atoms. The third-order valence-electron chi connectivity index (χ3n) is 6.47. The summed E-state index contributed by atoms with van der Waals surface area (Å²) in [5, 5.41) is 2.39. The molecule has 1 aliphatic carbocycles. The van der Waals surface area contributed by atoms with Gasteiger partial charge in [-0.05, 0) is 56.0 Å². The smallest absolute Gasteiger partial charge is 0.255 e. The fraction of sp³-hybridized carbons (Fsp3) is 0.455. The molecule has 2 aromatic carbocycles. The standard InChI is InChI=1S/C22H23ClN2O2/c23-19-8-2-5-16-17(19)6-1-7-18(16)20(26)25-14-4-12-22(25)11-3-13-24(21(22)27)15-9-10-15/h1-2,5-8,15H,3-4,9-14H2. The highest BCUT2D eigenvalue weighted by Crippen LogP contribution is 2.42. The Morgan fingerprint density at radius 1 is 1.00 bits per heavy atom. The highest BCUT2D eigenvalue weighted by Gasteiger charge is 2.54. The highest BCUT2D eigenvalue weighted by molar-refractivity contribution is 6.36. The van der Waals surface area contributed by atoms with Crippen LogP contribution in [0.4, 0.5) is 0 Å². The van der Waals surface area contributed by atoms with Gasteiger partial charge in [0.1, 0.15) is 5.54 Å². The molecule has 4 nitrogen and oxygen atoms in total. The minimum Gasteiger partial charge on any atom is -0.338 e. The van der Waals surface area contributed by atoms with Crippen molar-refractivity contribution in [3.63, 3.8) is 0 Å². The number of benzene rings is 2. The number of halogens is 1. The molecular weight excluding hydrogens is 360 g/mol. The third-order valence-corrected chi connectivity index (χ3v) is 6.80. The fourth-order valence-electron chi connectivity index (χ4n) is 5.01. The first kappa shape index (κ1) is 17.1. The van der Waals surface area contributed by atoms with E-state index in [-0.39, 0.29) is 11.8 Å². The number of rotatable bonds is 2. The van der Waals surface area contributed by atoms with Crippen LogP contribution in [0, 0.1) is 0 Å². The van der Waals surface area contributed by atoms with Crippen molar-refractivity contribution in [1.82, 2.24) is 9.80 Å². The molecule has 2 saturated heterocycles. The van der Waals surface area contributed by atoms with E-state index in [2.05, 4.69) is 4.90 Å². The number of amides is 2. The number of nitrogens with zero attached hydrogens (tertiary/aromatic N) is 2. The SMILES string of the molecule is O=C(c1cccc2c(Cl)cccc12)N1CCCC12CCCN(C1CC1)C2=O. The molecule has 0 radical (unpaired) electrons. The molecule has 3 fully saturated rings. The summed E-state index contributed by atoms with van der Waals surface area (Å²) in [6.45, 7) is 1.50. The molecule has 5 rings (SSSR count). The molecule has 2 aromatic rings. The molecule has 140 valence electrons. The van der Waals surface area contributed by atoms with Crippen LogP contribution in [-0.2, 0) is 4.79 Å². The average Bonchev–Trinajstić information content (AvgIpc) is 3.44. The van der Waals surface area contributed by atoms with Gasteiger partial charge in [-0.15, -0.1) is 0 Å². The number of carbonyl (C=O) groups is 2. The number of hydrogen-bond acceptors (Lipinski definition) is 2. The van der Waals surface area contributed by atoms with E-state index in [0.717, 1.165) is 55.8 Å². The summed E-state index contributed by atoms with van der Waals surface area (Å²) >= 11 is 6.33. The second kappa shape index (κ2) is 6.23. The van der Waals surface area contributed by atoms with Crippen molar-refractivity contribution in [2.24, 2.45) is 0 Å². The van der Waals surface area contributed by atoms with Crippen LogP contribution >= 0.6 is 11.6 Å². The first-order valence-corrected chi connectivity index (χ1v) is 10.3. The normalized spacial score (nSPS) is 25.6. The molecule has 2 heterocycles. The lowest BCUT2D eigenvalue weighted by atomic mass is 9.84. The van der Waals surface area contributed by atoms with Crippen LogP contribution in [0.15, 0.2) is 36.4 Å². The second-order valence-corrected chi connectivity index (χ2v) is 8.47. The lowest BCUT2D eigenvalue weighted by Crippen LogP contribution is -2.61. The van der Waals surface area contributed by atoms with Gasteiger partial charge in [0, 0.05) is 35.1 Å². The van der Waals surface area contributed by atoms with Crippen LogP contribution in [0.5, 0.6) is 0 Å². The zero-order chi connectivity index (χ0) is 18.6. The van der Waals surface area contributed by atoms with Gasteiger partial charge in [0.05, 0.1) is 0 Å². The van der Waals surface area contributed by atoms with Crippen molar-refractivity contribution in [2.75, 3.05) is 13.1 Å². The van der Waals surface area contributed by atoms with Crippen LogP contribution in [0.2, 0.25) is 5.02 Å². The van der Waals surface area contributed by atoms with Crippen LogP contribution in [0.25, 0.3) is 10.8 Å². The maximum Gasteiger partial charge on any atom is 0.255 e. The zero-order valence-electron chi connectivity index (χ0n) is 15.3. The fourth-order valence-corrected chi connectivity index (χ4v) is 5.25. The van der Waals surface area contributed by atoms with Crippen molar-refractivity contribution < 1.29 is 9.59 Å². The Labute approximate surface area is 164 Å². The third kappa shape index (κ3) is 2.57. The number of carbonyl (C=O) groups excluding carboxylic acids is 2. The van der Waals surface area contributed by atoms with E-state index in [4.69, 9.17) is 11.6 Å². The molecule has 0 aromatic heterocycles. The van der Waals surface area contributed by atoms with Gasteiger partial charge in [-0.1, -0.05) is 35.9 Å². The molecule has 2 amide bonds. The number of fused-ring (bicyclic) bond motifs is 1. The molecule has 5 heteroatoms. The maximum absolute atomic E-state index is 13.6. The molecule has 0 bridgehead atoms. The van der Waals surface area contributed by atoms with E-state index in [9.17, 15) is 9.59 Å². The van der Waals surface area contributed by atoms with E-state index >= 15 is 0 Å². The van der Waals surface area contributed by atoms with Gasteiger partial charge >= 0.3 is 0 Å². The Balaban J connectivity index is 1.55. The summed E-state index contributed by atoms with van der Waals surface area (Å²) in [4.78, 5) is 30.9. The van der Waals surface area contributed by atoms with E-state index in [0.29, 0.717) is 23.2 Å². The monoisotopic (exact) mass is 382 g/mol. The predicted octanol–water partition coefficient (Wildman–Crippen LogP) is 4.25. The minimum absolute atomic E-state index is 0.0358. The largest absolute Gasteiger partial charge is 0.338 e. The Morgan fingerprint density at radius 3 is 2.48 bits per heavy atom. The van der Waals surface area contributed by atoms with Gasteiger partial charge in [0.15, 0.2) is 0 Å². The van der Waals surface area contributed by atoms with Crippen LogP contribution in [0.3, 0.4) is 0 Å². The Bertz CT molecular complexity index is 939. The molecule has 1 atom stereocenters. The van der Waals surface area contributed by atoms with Crippen molar-refractivity contribution in [2.45, 2.75) is 50.1 Å². The van der Waals surface area contributed by atoms with E-state index < -0.39 is 5.54 Å². The lowest BCUT2D eigenvalue weighted by Gasteiger charge is -2.45. The first-order valence-electron chi connectivity index (χ1n) is 9.92. The molecule has 1 saturated carbocycles. The van der Waals surface area contributed by atoms with Gasteiger partial charge in [0.25, 0.3) is 5.91 Å². The summed E-state index contributed by atoms with van der Waals surface area (Å²) in [7, 11) is 0. The summed E-state index contributed by atoms with van der Waals surface area (Å²) < 4.78 is 0. The Hall–Kier alpha value is -2.07. The summed E-state index contributed by atoms with van der Waals surface area (Å²) in [6, 6.07) is 11.7. The quantitative estimate of drug-likeness (QED) is 0.778. The van der Waals surface area contributed by atoms with Gasteiger partial charge in [-0.2, -0.15) is 0 Å². The van der Waals surface area contributed by atoms with E-state index in [1.807, 2.05) is 41.3 Å². The van der Waals surface area contributed by atoms with Gasteiger partial charge in [0.2, 0.25) is 5.91 Å². The van der Waals surface area contributed by atoms with Crippen LogP contribution in [0.1, 0.15) is 48.9 Å². The predicted molar refractivity (Wildman–Crippen MR) is 106 cm³/mol. The number of hydrogen-bond donors (Lipinski definition) is 0. The molecule has 2 aliphatic heterocycles. The topological polar surface area (TPSA) is 40.6 Å². The Kier molecular flexibility index (Phi) is 3.94. The van der Waals surface area contributed by atoms with Crippen molar-refractivity contribution in [1.29, 1.82) is 0 Å². The van der Waals surface area contributed by atoms with Crippen molar-refractivity contribution in [3.05, 3.63) is 47.0 Å². The summed E-state index contributed by atoms with van der Waals surface area (Å²) in [5.74, 6) is 0.145. The first-order chi connectivity index (χ1) is 13.1. The minimum atomic E-state index is -0.640. The molecule has 0 N–H and O–H groups in total. The highest BCUT2D eigenvalue weighted by atomic mass is 35.5. The van der Waals surface area contributed by atoms with Crippen LogP contribution < -0.4 is 0 Å². The van der Waals surface area contributed by atoms with E-state index in [1.165, 1.54) is 0 Å². The second-order valence-electron chi connectivity index (χ2n) is 8.07. The molecule has 3 aliphatic rings. The molecule has 1 unspecified atom stereocenters. The average molecular weight is 383 g/mol. The maximum atomic E-state index is 13.6. The Morgan fingerprint density at radius 2 is 1.70 bits per heavy atom. The van der Waals surface area contributed by atoms with E-state index in [1.54, 1.807) is 0 Å². The van der Waals surface area contributed by atoms with Gasteiger partial charge in [-0.3, -0.25) is 9.59 Å². The van der Waals surface area contributed by atoms with Crippen LogP contribution in [-0.4, -0.2) is 46.3 Å². The zero-order valence-corrected chi connectivity index (χ0v) is 16.0. The lowest BCUT2D eigenvalue weighted by molar-refractivity contribution is -0.146. The van der Waals surface area contributed by atoms with Gasteiger partial charge < -0.3 is 9.80 Å². The van der Waals surface area contributed by atoms with Crippen molar-refractivity contribution in [3.8, 4) is 0 Å². The number of likely N-dealkylation sites (tertiary alicyclic amines) is 2. The van der Waals surface area contributed by atoms with Crippen molar-refractivity contribution >= 4 is 34.2 Å².